The molecule has 0 radical (unpaired) electrons. The van der Waals surface area contributed by atoms with Crippen molar-refractivity contribution >= 4 is 44.9 Å². The number of nitrogens with two attached hydrogens (primary N) is 1. The summed E-state index contributed by atoms with van der Waals surface area (Å²) in [7, 11) is 0. The van der Waals surface area contributed by atoms with Gasteiger partial charge in [-0.05, 0) is 36.8 Å². The van der Waals surface area contributed by atoms with Gasteiger partial charge in [0.25, 0.3) is 11.5 Å². The van der Waals surface area contributed by atoms with Crippen LogP contribution in [0.5, 0.6) is 0 Å². The minimum absolute atomic E-state index is 0.0755. The zero-order valence-corrected chi connectivity index (χ0v) is 18.5. The van der Waals surface area contributed by atoms with E-state index in [0.717, 1.165) is 6.42 Å². The molecule has 0 bridgehead atoms. The minimum atomic E-state index is -0.767. The first-order valence-electron chi connectivity index (χ1n) is 9.25. The van der Waals surface area contributed by atoms with Crippen molar-refractivity contribution in [2.45, 2.75) is 32.9 Å². The lowest BCUT2D eigenvalue weighted by Gasteiger charge is -2.24. The number of carbonyl (C=O) groups is 1. The molecule has 0 unspecified atom stereocenters. The van der Waals surface area contributed by atoms with Gasteiger partial charge in [0.1, 0.15) is 11.6 Å². The van der Waals surface area contributed by atoms with Crippen molar-refractivity contribution < 1.29 is 9.21 Å². The third kappa shape index (κ3) is 4.52. The van der Waals surface area contributed by atoms with E-state index in [1.54, 1.807) is 30.3 Å². The van der Waals surface area contributed by atoms with E-state index in [-0.39, 0.29) is 28.6 Å². The molecule has 10 heteroatoms. The number of amides is 1. The summed E-state index contributed by atoms with van der Waals surface area (Å²) in [5.41, 5.74) is 4.86. The smallest absolute Gasteiger partial charge is 0.330 e. The second kappa shape index (κ2) is 9.36. The number of nitrogen functional groups attached to an aromatic ring is 1. The quantitative estimate of drug-likeness (QED) is 0.518. The molecular formula is C20H20BrClN4O4. The van der Waals surface area contributed by atoms with Crippen molar-refractivity contribution in [2.75, 3.05) is 10.6 Å². The summed E-state index contributed by atoms with van der Waals surface area (Å²) in [6.45, 7) is 2.20. The maximum absolute atomic E-state index is 13.4. The summed E-state index contributed by atoms with van der Waals surface area (Å²) in [6, 6.07) is 8.15. The Hall–Kier alpha value is -2.78. The van der Waals surface area contributed by atoms with Crippen LogP contribution in [-0.4, -0.2) is 15.5 Å². The summed E-state index contributed by atoms with van der Waals surface area (Å²) in [5.74, 6) is -0.224. The van der Waals surface area contributed by atoms with Crippen LogP contribution < -0.4 is 21.9 Å². The van der Waals surface area contributed by atoms with Crippen LogP contribution in [0.25, 0.3) is 0 Å². The Morgan fingerprint density at radius 2 is 2.10 bits per heavy atom. The van der Waals surface area contributed by atoms with E-state index < -0.39 is 17.2 Å². The molecule has 0 fully saturated rings. The molecule has 1 aromatic carbocycles. The van der Waals surface area contributed by atoms with Gasteiger partial charge in [-0.25, -0.2) is 4.79 Å². The average molecular weight is 496 g/mol. The molecule has 3 N–H and O–H groups in total. The molecule has 30 heavy (non-hydrogen) atoms. The number of rotatable bonds is 7. The monoisotopic (exact) mass is 494 g/mol. The van der Waals surface area contributed by atoms with Crippen LogP contribution in [0.1, 0.15) is 35.9 Å². The van der Waals surface area contributed by atoms with Crippen LogP contribution in [0.15, 0.2) is 55.1 Å². The Kier molecular flexibility index (Phi) is 6.84. The van der Waals surface area contributed by atoms with Crippen molar-refractivity contribution in [1.29, 1.82) is 0 Å². The number of halogens is 2. The van der Waals surface area contributed by atoms with Gasteiger partial charge in [-0.3, -0.25) is 24.0 Å². The first-order valence-corrected chi connectivity index (χ1v) is 10.4. The van der Waals surface area contributed by atoms with Gasteiger partial charge in [0.15, 0.2) is 5.69 Å². The fraction of sp³-hybridized carbons (Fsp3) is 0.250. The molecular weight excluding hydrogens is 476 g/mol. The zero-order chi connectivity index (χ0) is 21.8. The van der Waals surface area contributed by atoms with Crippen LogP contribution in [0.3, 0.4) is 0 Å². The zero-order valence-electron chi connectivity index (χ0n) is 16.2. The van der Waals surface area contributed by atoms with Gasteiger partial charge in [0.2, 0.25) is 0 Å². The molecule has 0 saturated heterocycles. The molecule has 158 valence electrons. The predicted molar refractivity (Wildman–Crippen MR) is 119 cm³/mol. The fourth-order valence-corrected chi connectivity index (χ4v) is 3.55. The Labute approximate surface area is 185 Å². The Bertz CT molecular complexity index is 1170. The van der Waals surface area contributed by atoms with Crippen molar-refractivity contribution in [2.24, 2.45) is 0 Å². The van der Waals surface area contributed by atoms with Crippen molar-refractivity contribution in [3.63, 3.8) is 0 Å². The van der Waals surface area contributed by atoms with E-state index in [9.17, 15) is 14.4 Å². The molecule has 0 spiro atoms. The number of H-pyrrole nitrogens is 1. The summed E-state index contributed by atoms with van der Waals surface area (Å²) in [4.78, 5) is 41.9. The molecule has 3 aromatic rings. The first-order chi connectivity index (χ1) is 14.3. The van der Waals surface area contributed by atoms with Gasteiger partial charge in [-0.2, -0.15) is 0 Å². The second-order valence-corrected chi connectivity index (χ2v) is 7.92. The number of nitrogens with one attached hydrogen (secondary N) is 1. The number of aromatic amines is 1. The highest BCUT2D eigenvalue weighted by molar-refractivity contribution is 9.10. The number of benzene rings is 1. The van der Waals surface area contributed by atoms with E-state index in [4.69, 9.17) is 21.8 Å². The van der Waals surface area contributed by atoms with E-state index in [2.05, 4.69) is 20.9 Å². The molecule has 1 amide bonds. The van der Waals surface area contributed by atoms with Gasteiger partial charge in [-0.15, -0.1) is 0 Å². The first kappa shape index (κ1) is 21.9. The summed E-state index contributed by atoms with van der Waals surface area (Å²) in [5, 5.41) is 0.210. The van der Waals surface area contributed by atoms with Crippen LogP contribution in [0.2, 0.25) is 5.02 Å². The maximum atomic E-state index is 13.4. The Morgan fingerprint density at radius 1 is 1.33 bits per heavy atom. The van der Waals surface area contributed by atoms with E-state index in [1.165, 1.54) is 15.7 Å². The number of hydrogen-bond acceptors (Lipinski definition) is 5. The average Bonchev–Trinajstić information content (AvgIpc) is 3.21. The van der Waals surface area contributed by atoms with Gasteiger partial charge < -0.3 is 10.2 Å². The normalized spacial score (nSPS) is 10.9. The standard InChI is InChI=1S/C20H20BrClN4O4/c1-2-3-8-25-17(23)16(18(27)24-20(25)29)26(11-13-5-4-9-30-13)19(28)14-10-12(21)6-7-15(14)22/h4-7,9-10H,2-3,8,11,23H2,1H3,(H,24,27,29). The highest BCUT2D eigenvalue weighted by Crippen LogP contribution is 2.27. The fourth-order valence-electron chi connectivity index (χ4n) is 2.99. The number of aromatic nitrogens is 2. The van der Waals surface area contributed by atoms with Gasteiger partial charge in [0, 0.05) is 11.0 Å². The number of carbonyl (C=O) groups excluding carboxylic acids is 1. The molecule has 2 heterocycles. The maximum Gasteiger partial charge on any atom is 0.330 e. The summed E-state index contributed by atoms with van der Waals surface area (Å²) < 4.78 is 7.26. The molecule has 0 aliphatic heterocycles. The van der Waals surface area contributed by atoms with Crippen LogP contribution in [0.4, 0.5) is 11.5 Å². The highest BCUT2D eigenvalue weighted by atomic mass is 79.9. The molecule has 8 nitrogen and oxygen atoms in total. The third-order valence-electron chi connectivity index (χ3n) is 4.52. The van der Waals surface area contributed by atoms with Crippen molar-refractivity contribution in [3.05, 3.63) is 78.3 Å². The lowest BCUT2D eigenvalue weighted by atomic mass is 10.1. The van der Waals surface area contributed by atoms with Gasteiger partial charge in [0.05, 0.1) is 23.4 Å². The van der Waals surface area contributed by atoms with Crippen molar-refractivity contribution in [1.82, 2.24) is 9.55 Å². The molecule has 0 aliphatic carbocycles. The number of nitrogens with zero attached hydrogens (tertiary/aromatic N) is 2. The molecule has 2 aromatic heterocycles. The largest absolute Gasteiger partial charge is 0.467 e. The van der Waals surface area contributed by atoms with E-state index >= 15 is 0 Å². The lowest BCUT2D eigenvalue weighted by molar-refractivity contribution is 0.0983. The third-order valence-corrected chi connectivity index (χ3v) is 5.34. The van der Waals surface area contributed by atoms with Gasteiger partial charge in [-0.1, -0.05) is 40.9 Å². The Morgan fingerprint density at radius 3 is 2.77 bits per heavy atom. The topological polar surface area (TPSA) is 114 Å². The highest BCUT2D eigenvalue weighted by Gasteiger charge is 2.27. The van der Waals surface area contributed by atoms with Crippen LogP contribution in [-0.2, 0) is 13.1 Å². The predicted octanol–water partition coefficient (Wildman–Crippen LogP) is 3.77. The minimum Gasteiger partial charge on any atom is -0.467 e. The second-order valence-electron chi connectivity index (χ2n) is 6.59. The summed E-state index contributed by atoms with van der Waals surface area (Å²) >= 11 is 9.57. The van der Waals surface area contributed by atoms with E-state index in [0.29, 0.717) is 23.2 Å². The number of unbranched alkanes of at least 4 members (excludes halogenated alkanes) is 1. The summed E-state index contributed by atoms with van der Waals surface area (Å²) in [6.07, 6.45) is 2.96. The lowest BCUT2D eigenvalue weighted by Crippen LogP contribution is -2.41. The molecule has 0 saturated carbocycles. The van der Waals surface area contributed by atoms with Gasteiger partial charge >= 0.3 is 5.69 Å². The van der Waals surface area contributed by atoms with Crippen LogP contribution >= 0.6 is 27.5 Å². The SMILES string of the molecule is CCCCn1c(N)c(N(Cc2ccco2)C(=O)c2cc(Br)ccc2Cl)c(=O)[nH]c1=O. The Balaban J connectivity index is 2.18. The van der Waals surface area contributed by atoms with Crippen molar-refractivity contribution in [3.8, 4) is 0 Å². The molecule has 0 aliphatic rings. The van der Waals surface area contributed by atoms with Crippen LogP contribution in [0, 0.1) is 0 Å². The number of anilines is 2. The number of furan rings is 1. The molecule has 3 rings (SSSR count). The molecule has 0 atom stereocenters. The number of hydrogen-bond donors (Lipinski definition) is 2. The van der Waals surface area contributed by atoms with E-state index in [1.807, 2.05) is 6.92 Å².